The molecule has 0 atom stereocenters. The summed E-state index contributed by atoms with van der Waals surface area (Å²) in [6.07, 6.45) is 1.83. The number of piperidine rings is 1. The molecule has 1 amide bonds. The maximum atomic E-state index is 12.9. The van der Waals surface area contributed by atoms with Gasteiger partial charge in [-0.15, -0.1) is 11.3 Å². The molecule has 0 aliphatic carbocycles. The Kier molecular flexibility index (Phi) is 4.37. The molecule has 0 bridgehead atoms. The SMILES string of the molecule is Cc1ccc2oc(C(=O)N3CCC(c4nc5cc(Cl)ccc5s4)CC3)cc2c1. The number of nitrogens with zero attached hydrogens (tertiary/aromatic N) is 2. The number of carbonyl (C=O) groups excluding carboxylic acids is 1. The summed E-state index contributed by atoms with van der Waals surface area (Å²) in [5.41, 5.74) is 2.88. The van der Waals surface area contributed by atoms with Crippen molar-refractivity contribution in [1.29, 1.82) is 0 Å². The van der Waals surface area contributed by atoms with E-state index in [0.29, 0.717) is 16.7 Å². The van der Waals surface area contributed by atoms with Crippen LogP contribution >= 0.6 is 22.9 Å². The summed E-state index contributed by atoms with van der Waals surface area (Å²) in [5.74, 6) is 0.788. The van der Waals surface area contributed by atoms with Gasteiger partial charge in [-0.25, -0.2) is 4.98 Å². The van der Waals surface area contributed by atoms with E-state index < -0.39 is 0 Å². The van der Waals surface area contributed by atoms with Gasteiger partial charge in [-0.2, -0.15) is 0 Å². The Hall–Kier alpha value is -2.37. The molecule has 1 saturated heterocycles. The predicted molar refractivity (Wildman–Crippen MR) is 113 cm³/mol. The van der Waals surface area contributed by atoms with Crippen LogP contribution in [0.3, 0.4) is 0 Å². The summed E-state index contributed by atoms with van der Waals surface area (Å²) in [6.45, 7) is 3.47. The molecule has 2 aromatic carbocycles. The molecule has 0 radical (unpaired) electrons. The van der Waals surface area contributed by atoms with Crippen LogP contribution in [0.1, 0.15) is 39.9 Å². The fourth-order valence-electron chi connectivity index (χ4n) is 3.85. The minimum absolute atomic E-state index is 0.0246. The molecule has 6 heteroatoms. The third-order valence-corrected chi connectivity index (χ3v) is 6.81. The van der Waals surface area contributed by atoms with Gasteiger partial charge >= 0.3 is 0 Å². The predicted octanol–water partition coefficient (Wildman–Crippen LogP) is 6.02. The van der Waals surface area contributed by atoms with Crippen LogP contribution in [0.5, 0.6) is 0 Å². The van der Waals surface area contributed by atoms with Gasteiger partial charge in [0.15, 0.2) is 5.76 Å². The van der Waals surface area contributed by atoms with Gasteiger partial charge in [-0.1, -0.05) is 23.2 Å². The second kappa shape index (κ2) is 6.90. The number of aryl methyl sites for hydroxylation is 1. The lowest BCUT2D eigenvalue weighted by molar-refractivity contribution is 0.0683. The van der Waals surface area contributed by atoms with Crippen molar-refractivity contribution in [2.45, 2.75) is 25.7 Å². The summed E-state index contributed by atoms with van der Waals surface area (Å²) in [6, 6.07) is 13.7. The van der Waals surface area contributed by atoms with Gasteiger partial charge in [-0.3, -0.25) is 4.79 Å². The molecule has 0 N–H and O–H groups in total. The van der Waals surface area contributed by atoms with Crippen LogP contribution in [0.4, 0.5) is 0 Å². The third-order valence-electron chi connectivity index (χ3n) is 5.38. The lowest BCUT2D eigenvalue weighted by Crippen LogP contribution is -2.37. The Morgan fingerprint density at radius 1 is 1.18 bits per heavy atom. The van der Waals surface area contributed by atoms with E-state index in [4.69, 9.17) is 21.0 Å². The average Bonchev–Trinajstić information content (AvgIpc) is 3.30. The maximum absolute atomic E-state index is 12.9. The molecule has 4 nitrogen and oxygen atoms in total. The molecule has 3 heterocycles. The molecule has 1 fully saturated rings. The topological polar surface area (TPSA) is 46.3 Å². The second-order valence-corrected chi connectivity index (χ2v) is 8.88. The van der Waals surface area contributed by atoms with Crippen LogP contribution in [-0.4, -0.2) is 28.9 Å². The lowest BCUT2D eigenvalue weighted by Gasteiger charge is -2.30. The van der Waals surface area contributed by atoms with E-state index in [0.717, 1.165) is 57.7 Å². The van der Waals surface area contributed by atoms with E-state index >= 15 is 0 Å². The normalized spacial score (nSPS) is 15.6. The highest BCUT2D eigenvalue weighted by Gasteiger charge is 2.28. The Morgan fingerprint density at radius 3 is 2.82 bits per heavy atom. The molecule has 28 heavy (non-hydrogen) atoms. The van der Waals surface area contributed by atoms with Gasteiger partial charge in [0.2, 0.25) is 0 Å². The van der Waals surface area contributed by atoms with E-state index in [2.05, 4.69) is 0 Å². The van der Waals surface area contributed by atoms with Crippen molar-refractivity contribution in [3.8, 4) is 0 Å². The molecule has 142 valence electrons. The molecule has 0 spiro atoms. The lowest BCUT2D eigenvalue weighted by atomic mass is 9.97. The summed E-state index contributed by atoms with van der Waals surface area (Å²) < 4.78 is 6.95. The molecule has 0 unspecified atom stereocenters. The molecule has 2 aromatic heterocycles. The summed E-state index contributed by atoms with van der Waals surface area (Å²) in [5, 5.41) is 2.83. The number of aromatic nitrogens is 1. The molecular formula is C22H19ClN2O2S. The van der Waals surface area contributed by atoms with Crippen LogP contribution in [0, 0.1) is 6.92 Å². The van der Waals surface area contributed by atoms with Crippen molar-refractivity contribution in [1.82, 2.24) is 9.88 Å². The van der Waals surface area contributed by atoms with Gasteiger partial charge in [0.25, 0.3) is 5.91 Å². The van der Waals surface area contributed by atoms with E-state index in [-0.39, 0.29) is 5.91 Å². The number of hydrogen-bond donors (Lipinski definition) is 0. The van der Waals surface area contributed by atoms with Gasteiger partial charge in [-0.05, 0) is 56.2 Å². The first kappa shape index (κ1) is 17.7. The van der Waals surface area contributed by atoms with Crippen molar-refractivity contribution in [3.05, 3.63) is 63.8 Å². The van der Waals surface area contributed by atoms with Crippen molar-refractivity contribution in [3.63, 3.8) is 0 Å². The smallest absolute Gasteiger partial charge is 0.289 e. The van der Waals surface area contributed by atoms with Crippen molar-refractivity contribution in [2.75, 3.05) is 13.1 Å². The first-order chi connectivity index (χ1) is 13.6. The first-order valence-corrected chi connectivity index (χ1v) is 10.6. The van der Waals surface area contributed by atoms with Gasteiger partial charge in [0, 0.05) is 29.4 Å². The number of halogens is 1. The largest absolute Gasteiger partial charge is 0.451 e. The molecule has 0 saturated carbocycles. The molecule has 5 rings (SSSR count). The van der Waals surface area contributed by atoms with Gasteiger partial charge in [0.05, 0.1) is 15.2 Å². The van der Waals surface area contributed by atoms with Crippen LogP contribution in [0.25, 0.3) is 21.2 Å². The Labute approximate surface area is 171 Å². The van der Waals surface area contributed by atoms with Gasteiger partial charge < -0.3 is 9.32 Å². The van der Waals surface area contributed by atoms with Crippen molar-refractivity contribution in [2.24, 2.45) is 0 Å². The van der Waals surface area contributed by atoms with Crippen molar-refractivity contribution >= 4 is 50.0 Å². The molecule has 1 aliphatic heterocycles. The monoisotopic (exact) mass is 410 g/mol. The Morgan fingerprint density at radius 2 is 2.00 bits per heavy atom. The highest BCUT2D eigenvalue weighted by Crippen LogP contribution is 2.35. The summed E-state index contributed by atoms with van der Waals surface area (Å²) in [4.78, 5) is 19.5. The van der Waals surface area contributed by atoms with Crippen LogP contribution < -0.4 is 0 Å². The van der Waals surface area contributed by atoms with Crippen LogP contribution in [0.15, 0.2) is 46.9 Å². The second-order valence-electron chi connectivity index (χ2n) is 7.38. The quantitative estimate of drug-likeness (QED) is 0.405. The number of furan rings is 1. The van der Waals surface area contributed by atoms with E-state index in [1.807, 2.05) is 54.3 Å². The zero-order chi connectivity index (χ0) is 19.3. The number of benzene rings is 2. The fraction of sp³-hybridized carbons (Fsp3) is 0.273. The zero-order valence-electron chi connectivity index (χ0n) is 15.4. The Balaban J connectivity index is 1.30. The zero-order valence-corrected chi connectivity index (χ0v) is 17.0. The highest BCUT2D eigenvalue weighted by molar-refractivity contribution is 7.18. The number of fused-ring (bicyclic) bond motifs is 2. The molecule has 4 aromatic rings. The average molecular weight is 411 g/mol. The number of likely N-dealkylation sites (tertiary alicyclic amines) is 1. The van der Waals surface area contributed by atoms with Crippen LogP contribution in [-0.2, 0) is 0 Å². The third kappa shape index (κ3) is 3.19. The Bertz CT molecular complexity index is 1190. The number of rotatable bonds is 2. The molecule has 1 aliphatic rings. The highest BCUT2D eigenvalue weighted by atomic mass is 35.5. The fourth-order valence-corrected chi connectivity index (χ4v) is 5.13. The summed E-state index contributed by atoms with van der Waals surface area (Å²) in [7, 11) is 0. The maximum Gasteiger partial charge on any atom is 0.289 e. The van der Waals surface area contributed by atoms with Crippen LogP contribution in [0.2, 0.25) is 5.02 Å². The van der Waals surface area contributed by atoms with E-state index in [9.17, 15) is 4.79 Å². The van der Waals surface area contributed by atoms with E-state index in [1.165, 1.54) is 0 Å². The van der Waals surface area contributed by atoms with E-state index in [1.54, 1.807) is 11.3 Å². The number of amides is 1. The van der Waals surface area contributed by atoms with Gasteiger partial charge in [0.1, 0.15) is 5.58 Å². The summed E-state index contributed by atoms with van der Waals surface area (Å²) >= 11 is 7.81. The minimum atomic E-state index is -0.0246. The standard InChI is InChI=1S/C22H19ClN2O2S/c1-13-2-4-18-15(10-13)11-19(27-18)22(26)25-8-6-14(7-9-25)21-24-17-12-16(23)3-5-20(17)28-21/h2-5,10-12,14H,6-9H2,1H3. The number of hydrogen-bond acceptors (Lipinski definition) is 4. The first-order valence-electron chi connectivity index (χ1n) is 9.42. The minimum Gasteiger partial charge on any atom is -0.451 e. The molecular weight excluding hydrogens is 392 g/mol. The number of thiazole rings is 1. The van der Waals surface area contributed by atoms with Crippen molar-refractivity contribution < 1.29 is 9.21 Å². The number of carbonyl (C=O) groups is 1.